The number of amidine groups is 1. The average Bonchev–Trinajstić information content (AvgIpc) is 3.18. The van der Waals surface area contributed by atoms with Crippen molar-refractivity contribution in [2.24, 2.45) is 9.98 Å². The van der Waals surface area contributed by atoms with Crippen molar-refractivity contribution in [1.29, 1.82) is 0 Å². The van der Waals surface area contributed by atoms with E-state index in [2.05, 4.69) is 21.9 Å². The van der Waals surface area contributed by atoms with E-state index in [0.29, 0.717) is 0 Å². The number of likely N-dealkylation sites (N-methyl/N-ethyl adjacent to an activating group) is 1. The van der Waals surface area contributed by atoms with Gasteiger partial charge in [0.2, 0.25) is 5.96 Å². The Kier molecular flexibility index (Phi) is 3.92. The smallest absolute Gasteiger partial charge is 0.208 e. The number of nitrogens with zero attached hydrogens (tertiary/aromatic N) is 4. The van der Waals surface area contributed by atoms with Gasteiger partial charge in [0.1, 0.15) is 11.5 Å². The fraction of sp³-hybridized carbons (Fsp3) is 0.154. The number of phenolic OH excluding ortho intramolecular Hbond substituents is 1. The van der Waals surface area contributed by atoms with Gasteiger partial charge >= 0.3 is 0 Å². The zero-order chi connectivity index (χ0) is 21.9. The molecule has 0 spiro atoms. The van der Waals surface area contributed by atoms with E-state index in [1.807, 2.05) is 61.6 Å². The van der Waals surface area contributed by atoms with Crippen LogP contribution in [0.15, 0.2) is 88.9 Å². The van der Waals surface area contributed by atoms with E-state index < -0.39 is 5.54 Å². The summed E-state index contributed by atoms with van der Waals surface area (Å²) < 4.78 is 5.40. The lowest BCUT2D eigenvalue weighted by Crippen LogP contribution is -2.48. The van der Waals surface area contributed by atoms with Crippen molar-refractivity contribution in [1.82, 2.24) is 9.80 Å². The summed E-state index contributed by atoms with van der Waals surface area (Å²) >= 11 is 0. The van der Waals surface area contributed by atoms with Crippen LogP contribution in [0.2, 0.25) is 0 Å². The van der Waals surface area contributed by atoms with E-state index in [4.69, 9.17) is 14.7 Å². The van der Waals surface area contributed by atoms with Crippen molar-refractivity contribution < 1.29 is 9.84 Å². The molecule has 0 amide bonds. The molecule has 0 saturated carbocycles. The molecule has 0 aromatic heterocycles. The summed E-state index contributed by atoms with van der Waals surface area (Å²) in [6.45, 7) is 0.764. The highest BCUT2D eigenvalue weighted by atomic mass is 16.5. The van der Waals surface area contributed by atoms with E-state index in [9.17, 15) is 5.11 Å². The standard InChI is InChI=1S/C26H22N4O2/c1-29-16-15-23-21-5-3-4-6-22(21)27-24-26(28-25(29)30(23)24,17-7-11-19(31)12-8-17)18-9-13-20(32-2)14-10-18/h3-15,31H,16H2,1-2H3. The van der Waals surface area contributed by atoms with E-state index >= 15 is 0 Å². The minimum Gasteiger partial charge on any atom is -0.508 e. The molecule has 6 rings (SSSR count). The molecule has 3 heterocycles. The molecule has 6 heteroatoms. The minimum atomic E-state index is -0.861. The van der Waals surface area contributed by atoms with Crippen molar-refractivity contribution >= 4 is 23.2 Å². The van der Waals surface area contributed by atoms with Gasteiger partial charge in [0.05, 0.1) is 18.5 Å². The Bertz CT molecular complexity index is 1310. The van der Waals surface area contributed by atoms with Gasteiger partial charge in [0.15, 0.2) is 11.4 Å². The van der Waals surface area contributed by atoms with Crippen LogP contribution in [0.3, 0.4) is 0 Å². The Morgan fingerprint density at radius 3 is 2.34 bits per heavy atom. The predicted octanol–water partition coefficient (Wildman–Crippen LogP) is 4.35. The van der Waals surface area contributed by atoms with Crippen LogP contribution in [0, 0.1) is 0 Å². The normalized spacial score (nSPS) is 20.8. The number of fused-ring (bicyclic) bond motifs is 2. The van der Waals surface area contributed by atoms with Crippen LogP contribution in [0.25, 0.3) is 5.70 Å². The number of para-hydroxylation sites is 1. The van der Waals surface area contributed by atoms with E-state index in [-0.39, 0.29) is 5.75 Å². The molecule has 3 aliphatic heterocycles. The zero-order valence-corrected chi connectivity index (χ0v) is 17.9. The van der Waals surface area contributed by atoms with Crippen LogP contribution in [-0.4, -0.2) is 47.4 Å². The van der Waals surface area contributed by atoms with Crippen molar-refractivity contribution in [3.05, 3.63) is 95.6 Å². The second kappa shape index (κ2) is 6.72. The fourth-order valence-electron chi connectivity index (χ4n) is 4.73. The lowest BCUT2D eigenvalue weighted by Gasteiger charge is -2.38. The first-order chi connectivity index (χ1) is 15.6. The van der Waals surface area contributed by atoms with Crippen molar-refractivity contribution in [3.8, 4) is 11.5 Å². The van der Waals surface area contributed by atoms with Crippen LogP contribution in [0.4, 0.5) is 5.69 Å². The van der Waals surface area contributed by atoms with Gasteiger partial charge in [0, 0.05) is 19.2 Å². The Morgan fingerprint density at radius 1 is 0.938 bits per heavy atom. The molecule has 0 aliphatic carbocycles. The second-order valence-corrected chi connectivity index (χ2v) is 8.16. The Balaban J connectivity index is 1.69. The summed E-state index contributed by atoms with van der Waals surface area (Å²) in [6.07, 6.45) is 2.23. The van der Waals surface area contributed by atoms with E-state index in [1.54, 1.807) is 19.2 Å². The molecule has 3 aliphatic rings. The van der Waals surface area contributed by atoms with Gasteiger partial charge in [-0.25, -0.2) is 9.98 Å². The number of methoxy groups -OCH3 is 1. The van der Waals surface area contributed by atoms with Gasteiger partial charge in [-0.05, 0) is 47.5 Å². The highest BCUT2D eigenvalue weighted by Gasteiger charge is 2.53. The Morgan fingerprint density at radius 2 is 1.62 bits per heavy atom. The molecule has 3 aromatic carbocycles. The van der Waals surface area contributed by atoms with Gasteiger partial charge in [-0.15, -0.1) is 0 Å². The number of hydrogen-bond donors (Lipinski definition) is 1. The maximum Gasteiger partial charge on any atom is 0.208 e. The third-order valence-electron chi connectivity index (χ3n) is 6.34. The molecule has 32 heavy (non-hydrogen) atoms. The maximum atomic E-state index is 9.97. The summed E-state index contributed by atoms with van der Waals surface area (Å²) in [4.78, 5) is 14.8. The van der Waals surface area contributed by atoms with Crippen molar-refractivity contribution in [3.63, 3.8) is 0 Å². The Hall–Kier alpha value is -4.06. The van der Waals surface area contributed by atoms with Gasteiger partial charge in [-0.2, -0.15) is 0 Å². The van der Waals surface area contributed by atoms with Crippen LogP contribution >= 0.6 is 0 Å². The van der Waals surface area contributed by atoms with Crippen molar-refractivity contribution in [2.45, 2.75) is 5.54 Å². The van der Waals surface area contributed by atoms with E-state index in [0.717, 1.165) is 52.2 Å². The predicted molar refractivity (Wildman–Crippen MR) is 125 cm³/mol. The first-order valence-electron chi connectivity index (χ1n) is 10.6. The highest BCUT2D eigenvalue weighted by Crippen LogP contribution is 2.49. The number of aromatic hydroxyl groups is 1. The molecule has 3 aromatic rings. The van der Waals surface area contributed by atoms with Gasteiger partial charge in [-0.3, -0.25) is 4.90 Å². The fourth-order valence-corrected chi connectivity index (χ4v) is 4.73. The summed E-state index contributed by atoms with van der Waals surface area (Å²) in [5, 5.41) is 9.97. The summed E-state index contributed by atoms with van der Waals surface area (Å²) in [5.41, 5.74) is 4.21. The number of ether oxygens (including phenoxy) is 1. The number of rotatable bonds is 3. The molecule has 0 bridgehead atoms. The molecule has 1 unspecified atom stereocenters. The molecular weight excluding hydrogens is 400 g/mol. The molecule has 0 saturated heterocycles. The second-order valence-electron chi connectivity index (χ2n) is 8.16. The van der Waals surface area contributed by atoms with Crippen LogP contribution in [0.5, 0.6) is 11.5 Å². The third-order valence-corrected chi connectivity index (χ3v) is 6.34. The quantitative estimate of drug-likeness (QED) is 0.682. The molecule has 1 N–H and O–H groups in total. The lowest BCUT2D eigenvalue weighted by molar-refractivity contribution is 0.414. The monoisotopic (exact) mass is 422 g/mol. The van der Waals surface area contributed by atoms with Gasteiger partial charge in [-0.1, -0.05) is 42.5 Å². The first-order valence-corrected chi connectivity index (χ1v) is 10.6. The van der Waals surface area contributed by atoms with Crippen LogP contribution in [-0.2, 0) is 5.54 Å². The highest BCUT2D eigenvalue weighted by molar-refractivity contribution is 6.20. The minimum absolute atomic E-state index is 0.218. The molecular formula is C26H22N4O2. The van der Waals surface area contributed by atoms with Gasteiger partial charge in [0.25, 0.3) is 0 Å². The Labute approximate surface area is 186 Å². The number of benzene rings is 3. The molecule has 1 atom stereocenters. The maximum absolute atomic E-state index is 9.97. The van der Waals surface area contributed by atoms with E-state index in [1.165, 1.54) is 0 Å². The van der Waals surface area contributed by atoms with Crippen LogP contribution < -0.4 is 4.74 Å². The largest absolute Gasteiger partial charge is 0.508 e. The third kappa shape index (κ3) is 2.46. The number of hydrogen-bond acceptors (Lipinski definition) is 6. The van der Waals surface area contributed by atoms with Crippen LogP contribution in [0.1, 0.15) is 16.7 Å². The average molecular weight is 422 g/mol. The lowest BCUT2D eigenvalue weighted by atomic mass is 9.81. The first kappa shape index (κ1) is 18.7. The molecule has 6 nitrogen and oxygen atoms in total. The summed E-state index contributed by atoms with van der Waals surface area (Å²) in [6, 6.07) is 23.5. The SMILES string of the molecule is COc1ccc(C2(c3ccc(O)cc3)N=C3N(C)CC=C4c5ccccc5N=C2N43)cc1. The zero-order valence-electron chi connectivity index (χ0n) is 17.9. The number of phenols is 1. The van der Waals surface area contributed by atoms with Gasteiger partial charge < -0.3 is 14.7 Å². The topological polar surface area (TPSA) is 60.7 Å². The summed E-state index contributed by atoms with van der Waals surface area (Å²) in [5.74, 6) is 2.70. The number of aliphatic imine (C=N–C) groups is 2. The van der Waals surface area contributed by atoms with Crippen molar-refractivity contribution in [2.75, 3.05) is 20.7 Å². The molecule has 0 radical (unpaired) electrons. The number of guanidine groups is 1. The molecule has 158 valence electrons. The molecule has 0 fully saturated rings. The summed E-state index contributed by atoms with van der Waals surface area (Å²) in [7, 11) is 3.71.